The zero-order valence-electron chi connectivity index (χ0n) is 16.3. The fourth-order valence-electron chi connectivity index (χ4n) is 3.07. The lowest BCUT2D eigenvalue weighted by Gasteiger charge is -2.29. The van der Waals surface area contributed by atoms with Crippen LogP contribution >= 0.6 is 24.8 Å². The van der Waals surface area contributed by atoms with Gasteiger partial charge in [-0.15, -0.1) is 24.8 Å². The van der Waals surface area contributed by atoms with Gasteiger partial charge in [0.05, 0.1) is 37.9 Å². The first-order chi connectivity index (χ1) is 12.9. The quantitative estimate of drug-likeness (QED) is 0.454. The first-order valence-electron chi connectivity index (χ1n) is 8.60. The molecular formula is C16H26Cl2F6N2O4. The summed E-state index contributed by atoms with van der Waals surface area (Å²) in [5.41, 5.74) is 0. The summed E-state index contributed by atoms with van der Waals surface area (Å²) in [7, 11) is 2.36. The number of rotatable bonds is 2. The van der Waals surface area contributed by atoms with Gasteiger partial charge in [0.25, 0.3) is 0 Å². The van der Waals surface area contributed by atoms with E-state index in [0.717, 1.165) is 0 Å². The van der Waals surface area contributed by atoms with E-state index in [-0.39, 0.29) is 63.8 Å². The zero-order valence-corrected chi connectivity index (χ0v) is 17.9. The smallest absolute Gasteiger partial charge is 0.393 e. The maximum Gasteiger partial charge on any atom is 0.393 e. The highest BCUT2D eigenvalue weighted by molar-refractivity contribution is 5.85. The maximum atomic E-state index is 12.3. The number of halogens is 8. The molecule has 0 aromatic carbocycles. The molecule has 2 rings (SSSR count). The van der Waals surface area contributed by atoms with Gasteiger partial charge in [-0.2, -0.15) is 26.3 Å². The first kappa shape index (κ1) is 31.2. The molecule has 0 bridgehead atoms. The summed E-state index contributed by atoms with van der Waals surface area (Å²) < 4.78 is 82.5. The Morgan fingerprint density at radius 3 is 1.23 bits per heavy atom. The molecular weight excluding hydrogens is 469 g/mol. The lowest BCUT2D eigenvalue weighted by molar-refractivity contribution is -0.185. The second-order valence-electron chi connectivity index (χ2n) is 6.71. The topological polar surface area (TPSA) is 76.7 Å². The molecule has 0 aliphatic carbocycles. The molecule has 2 aliphatic rings. The Hall–Kier alpha value is -0.980. The normalized spacial score (nSPS) is 26.7. The van der Waals surface area contributed by atoms with E-state index < -0.39 is 48.0 Å². The van der Waals surface area contributed by atoms with Crippen molar-refractivity contribution in [1.82, 2.24) is 10.6 Å². The first-order valence-corrected chi connectivity index (χ1v) is 8.60. The Kier molecular flexibility index (Phi) is 14.0. The number of piperidine rings is 2. The molecule has 6 nitrogen and oxygen atoms in total. The Balaban J connectivity index is 0. The van der Waals surface area contributed by atoms with Crippen molar-refractivity contribution in [2.45, 2.75) is 25.2 Å². The number of nitrogens with one attached hydrogen (secondary N) is 2. The Labute approximate surface area is 182 Å². The number of carbonyl (C=O) groups is 2. The molecule has 0 spiro atoms. The molecule has 2 N–H and O–H groups in total. The van der Waals surface area contributed by atoms with Crippen LogP contribution in [0.1, 0.15) is 12.8 Å². The summed E-state index contributed by atoms with van der Waals surface area (Å²) in [5.74, 6) is -5.40. The lowest BCUT2D eigenvalue weighted by Crippen LogP contribution is -2.45. The summed E-state index contributed by atoms with van der Waals surface area (Å²) in [6.07, 6.45) is -8.83. The van der Waals surface area contributed by atoms with Crippen molar-refractivity contribution in [2.75, 3.05) is 40.4 Å². The van der Waals surface area contributed by atoms with Crippen LogP contribution < -0.4 is 10.6 Å². The van der Waals surface area contributed by atoms with Gasteiger partial charge < -0.3 is 20.1 Å². The molecule has 30 heavy (non-hydrogen) atoms. The molecule has 2 heterocycles. The second kappa shape index (κ2) is 13.4. The van der Waals surface area contributed by atoms with E-state index in [0.29, 0.717) is 0 Å². The van der Waals surface area contributed by atoms with Gasteiger partial charge in [-0.1, -0.05) is 0 Å². The van der Waals surface area contributed by atoms with Crippen molar-refractivity contribution >= 4 is 36.8 Å². The number of hydrogen-bond acceptors (Lipinski definition) is 6. The molecule has 2 saturated heterocycles. The highest BCUT2D eigenvalue weighted by Gasteiger charge is 2.44. The Morgan fingerprint density at radius 2 is 1.00 bits per heavy atom. The van der Waals surface area contributed by atoms with Gasteiger partial charge in [-0.05, 0) is 12.8 Å². The van der Waals surface area contributed by atoms with E-state index in [4.69, 9.17) is 0 Å². The van der Waals surface area contributed by atoms with Crippen molar-refractivity contribution in [3.8, 4) is 0 Å². The number of ether oxygens (including phenoxy) is 2. The maximum absolute atomic E-state index is 12.3. The number of alkyl halides is 6. The van der Waals surface area contributed by atoms with Crippen LogP contribution in [0, 0.1) is 23.7 Å². The minimum atomic E-state index is -4.24. The van der Waals surface area contributed by atoms with Crippen molar-refractivity contribution in [3.05, 3.63) is 0 Å². The van der Waals surface area contributed by atoms with Gasteiger partial charge in [0.15, 0.2) is 0 Å². The fourth-order valence-corrected chi connectivity index (χ4v) is 3.07. The molecule has 0 unspecified atom stereocenters. The highest BCUT2D eigenvalue weighted by Crippen LogP contribution is 2.33. The number of carbonyl (C=O) groups excluding carboxylic acids is 2. The van der Waals surface area contributed by atoms with Crippen LogP contribution in [0.3, 0.4) is 0 Å². The minimum Gasteiger partial charge on any atom is -0.469 e. The predicted molar refractivity (Wildman–Crippen MR) is 99.6 cm³/mol. The highest BCUT2D eigenvalue weighted by atomic mass is 35.5. The third-order valence-electron chi connectivity index (χ3n) is 4.70. The van der Waals surface area contributed by atoms with Crippen LogP contribution in [0.25, 0.3) is 0 Å². The van der Waals surface area contributed by atoms with Crippen molar-refractivity contribution in [2.24, 2.45) is 23.7 Å². The fraction of sp³-hybridized carbons (Fsp3) is 0.875. The third kappa shape index (κ3) is 9.88. The summed E-state index contributed by atoms with van der Waals surface area (Å²) in [6, 6.07) is 0. The van der Waals surface area contributed by atoms with Crippen molar-refractivity contribution in [1.29, 1.82) is 0 Å². The molecule has 180 valence electrons. The minimum absolute atomic E-state index is 0. The van der Waals surface area contributed by atoms with Gasteiger partial charge in [-0.25, -0.2) is 0 Å². The van der Waals surface area contributed by atoms with Crippen LogP contribution in [-0.4, -0.2) is 64.7 Å². The Morgan fingerprint density at radius 1 is 0.700 bits per heavy atom. The van der Waals surface area contributed by atoms with E-state index in [9.17, 15) is 35.9 Å². The Bertz CT molecular complexity index is 491. The number of esters is 2. The van der Waals surface area contributed by atoms with E-state index in [2.05, 4.69) is 20.1 Å². The van der Waals surface area contributed by atoms with Gasteiger partial charge in [0, 0.05) is 26.2 Å². The van der Waals surface area contributed by atoms with E-state index >= 15 is 0 Å². The van der Waals surface area contributed by atoms with Crippen LogP contribution in [-0.2, 0) is 19.1 Å². The SMILES string of the molecule is COC(=O)[C@@H]1CNC[C@H](C(F)(F)F)C1.COC(=O)[C@H]1CNC[C@@H](C(F)(F)F)C1.Cl.Cl. The van der Waals surface area contributed by atoms with Crippen molar-refractivity contribution < 1.29 is 45.4 Å². The second-order valence-corrected chi connectivity index (χ2v) is 6.71. The summed E-state index contributed by atoms with van der Waals surface area (Å²) in [6.45, 7) is 0.298. The van der Waals surface area contributed by atoms with Crippen LogP contribution in [0.2, 0.25) is 0 Å². The van der Waals surface area contributed by atoms with E-state index in [1.165, 1.54) is 14.2 Å². The monoisotopic (exact) mass is 494 g/mol. The van der Waals surface area contributed by atoms with Crippen molar-refractivity contribution in [3.63, 3.8) is 0 Å². The summed E-state index contributed by atoms with van der Waals surface area (Å²) >= 11 is 0. The number of hydrogen-bond donors (Lipinski definition) is 2. The molecule has 2 fully saturated rings. The lowest BCUT2D eigenvalue weighted by atomic mass is 9.90. The zero-order chi connectivity index (χ0) is 21.5. The average molecular weight is 495 g/mol. The van der Waals surface area contributed by atoms with Gasteiger partial charge >= 0.3 is 24.3 Å². The van der Waals surface area contributed by atoms with Crippen LogP contribution in [0.5, 0.6) is 0 Å². The largest absolute Gasteiger partial charge is 0.469 e. The molecule has 4 atom stereocenters. The van der Waals surface area contributed by atoms with E-state index in [1.807, 2.05) is 0 Å². The third-order valence-corrected chi connectivity index (χ3v) is 4.70. The molecule has 0 aromatic heterocycles. The van der Waals surface area contributed by atoms with Gasteiger partial charge in [0.1, 0.15) is 0 Å². The van der Waals surface area contributed by atoms with Crippen LogP contribution in [0.4, 0.5) is 26.3 Å². The molecule has 0 radical (unpaired) electrons. The van der Waals surface area contributed by atoms with Gasteiger partial charge in [0.2, 0.25) is 0 Å². The standard InChI is InChI=1S/2C8H12F3NO2.2ClH/c2*1-14-7(13)5-2-6(4-12-3-5)8(9,10)11;;/h2*5-6,12H,2-4H2,1H3;2*1H/t2*5-,6+;;/m10../s1. The van der Waals surface area contributed by atoms with E-state index in [1.54, 1.807) is 0 Å². The van der Waals surface area contributed by atoms with Gasteiger partial charge in [-0.3, -0.25) is 9.59 Å². The number of methoxy groups -OCH3 is 2. The molecule has 0 saturated carbocycles. The predicted octanol–water partition coefficient (Wildman–Crippen LogP) is 2.74. The molecule has 14 heteroatoms. The summed E-state index contributed by atoms with van der Waals surface area (Å²) in [5, 5.41) is 5.17. The molecule has 2 aliphatic heterocycles. The molecule has 0 aromatic rings. The average Bonchev–Trinajstić information content (AvgIpc) is 2.66. The van der Waals surface area contributed by atoms with Crippen LogP contribution in [0.15, 0.2) is 0 Å². The molecule has 0 amide bonds. The summed E-state index contributed by atoms with van der Waals surface area (Å²) in [4.78, 5) is 22.0.